The maximum Gasteiger partial charge on any atom is 0.374 e. The lowest BCUT2D eigenvalue weighted by Gasteiger charge is -2.24. The van der Waals surface area contributed by atoms with Crippen LogP contribution >= 0.6 is 0 Å². The minimum atomic E-state index is -0.441. The Kier molecular flexibility index (Phi) is 7.87. The zero-order valence-corrected chi connectivity index (χ0v) is 19.7. The summed E-state index contributed by atoms with van der Waals surface area (Å²) in [5.41, 5.74) is 8.38. The Morgan fingerprint density at radius 3 is 2.12 bits per heavy atom. The average molecular weight is 443 g/mol. The molecule has 0 N–H and O–H groups in total. The molecule has 0 amide bonds. The smallest absolute Gasteiger partial charge is 0.374 e. The summed E-state index contributed by atoms with van der Waals surface area (Å²) in [6.45, 7) is 8.28. The number of carbonyl (C=O) groups is 2. The number of ketones is 1. The second-order valence-electron chi connectivity index (χ2n) is 8.98. The summed E-state index contributed by atoms with van der Waals surface area (Å²) in [7, 11) is 0. The fourth-order valence-electron chi connectivity index (χ4n) is 3.74. The molecule has 0 saturated carbocycles. The van der Waals surface area contributed by atoms with Crippen LogP contribution in [0.25, 0.3) is 5.57 Å². The third-order valence-electron chi connectivity index (χ3n) is 5.46. The summed E-state index contributed by atoms with van der Waals surface area (Å²) in [6, 6.07) is 21.0. The Labute approximate surface area is 195 Å². The Hall–Kier alpha value is -3.62. The number of benzene rings is 2. The van der Waals surface area contributed by atoms with Gasteiger partial charge in [0.05, 0.1) is 12.9 Å². The van der Waals surface area contributed by atoms with E-state index in [0.717, 1.165) is 28.7 Å². The molecule has 2 aromatic carbocycles. The van der Waals surface area contributed by atoms with Gasteiger partial charge in [-0.25, -0.2) is 4.79 Å². The van der Waals surface area contributed by atoms with E-state index in [1.54, 1.807) is 19.1 Å². The van der Waals surface area contributed by atoms with Crippen LogP contribution in [0, 0.1) is 5.41 Å². The number of esters is 1. The minimum absolute atomic E-state index is 0.0491. The Morgan fingerprint density at radius 1 is 0.879 bits per heavy atom. The molecule has 1 aromatic heterocycles. The van der Waals surface area contributed by atoms with E-state index in [9.17, 15) is 9.59 Å². The van der Waals surface area contributed by atoms with Gasteiger partial charge in [0, 0.05) is 11.1 Å². The van der Waals surface area contributed by atoms with Gasteiger partial charge in [0.1, 0.15) is 0 Å². The van der Waals surface area contributed by atoms with Crippen molar-refractivity contribution in [2.75, 3.05) is 6.61 Å². The van der Waals surface area contributed by atoms with Crippen LogP contribution in [0.15, 0.2) is 88.7 Å². The second kappa shape index (κ2) is 10.8. The summed E-state index contributed by atoms with van der Waals surface area (Å²) < 4.78 is 10.4. The van der Waals surface area contributed by atoms with Crippen LogP contribution < -0.4 is 0 Å². The van der Waals surface area contributed by atoms with Gasteiger partial charge in [0.25, 0.3) is 0 Å². The van der Waals surface area contributed by atoms with Crippen molar-refractivity contribution in [1.82, 2.24) is 0 Å². The lowest BCUT2D eigenvalue weighted by Crippen LogP contribution is -2.17. The van der Waals surface area contributed by atoms with Crippen LogP contribution in [0.1, 0.15) is 72.6 Å². The molecule has 0 bridgehead atoms. The highest BCUT2D eigenvalue weighted by Crippen LogP contribution is 2.30. The van der Waals surface area contributed by atoms with Gasteiger partial charge in [-0.15, -0.1) is 5.73 Å². The molecular weight excluding hydrogens is 412 g/mol. The maximum atomic E-state index is 12.0. The summed E-state index contributed by atoms with van der Waals surface area (Å²) in [6.07, 6.45) is 2.97. The van der Waals surface area contributed by atoms with Crippen molar-refractivity contribution in [3.05, 3.63) is 107 Å². The van der Waals surface area contributed by atoms with Crippen molar-refractivity contribution in [1.29, 1.82) is 0 Å². The molecule has 3 rings (SSSR count). The number of hydrogen-bond donors (Lipinski definition) is 0. The summed E-state index contributed by atoms with van der Waals surface area (Å²) in [5, 5.41) is 0. The van der Waals surface area contributed by atoms with E-state index >= 15 is 0 Å². The third kappa shape index (κ3) is 6.93. The van der Waals surface area contributed by atoms with Crippen molar-refractivity contribution < 1.29 is 18.7 Å². The Balaban J connectivity index is 1.79. The van der Waals surface area contributed by atoms with Crippen LogP contribution in [0.3, 0.4) is 0 Å². The average Bonchev–Trinajstić information content (AvgIpc) is 3.33. The van der Waals surface area contributed by atoms with Crippen molar-refractivity contribution in [3.8, 4) is 0 Å². The molecule has 4 heteroatoms. The van der Waals surface area contributed by atoms with Gasteiger partial charge in [-0.05, 0) is 60.9 Å². The fraction of sp³-hybridized carbons (Fsp3) is 0.276. The zero-order chi connectivity index (χ0) is 23.8. The summed E-state index contributed by atoms with van der Waals surface area (Å²) in [5.74, 6) is -0.175. The number of furan rings is 1. The molecule has 0 spiro atoms. The number of Topliss-reactive ketones (excluding diaryl/α,β-unsaturated/α-hetero) is 1. The SMILES string of the molecule is CC(=O)c1ccc(C(=C=C(C)CC(C)(C)CCOC(=O)c2ccco2)c2ccccc2)cc1. The Bertz CT molecular complexity index is 1140. The van der Waals surface area contributed by atoms with E-state index in [1.807, 2.05) is 42.5 Å². The lowest BCUT2D eigenvalue weighted by molar-refractivity contribution is 0.0422. The summed E-state index contributed by atoms with van der Waals surface area (Å²) >= 11 is 0. The summed E-state index contributed by atoms with van der Waals surface area (Å²) in [4.78, 5) is 23.6. The quantitative estimate of drug-likeness (QED) is 0.201. The van der Waals surface area contributed by atoms with Crippen molar-refractivity contribution in [3.63, 3.8) is 0 Å². The van der Waals surface area contributed by atoms with Crippen LogP contribution in [-0.2, 0) is 4.74 Å². The van der Waals surface area contributed by atoms with Gasteiger partial charge in [-0.3, -0.25) is 4.79 Å². The van der Waals surface area contributed by atoms with Crippen molar-refractivity contribution in [2.45, 2.75) is 40.5 Å². The monoisotopic (exact) mass is 442 g/mol. The molecular formula is C29H30O4. The van der Waals surface area contributed by atoms with Crippen molar-refractivity contribution in [2.24, 2.45) is 5.41 Å². The second-order valence-corrected chi connectivity index (χ2v) is 8.98. The first kappa shape index (κ1) is 24.0. The number of hydrogen-bond acceptors (Lipinski definition) is 4. The molecule has 3 aromatic rings. The molecule has 1 heterocycles. The molecule has 4 nitrogen and oxygen atoms in total. The third-order valence-corrected chi connectivity index (χ3v) is 5.46. The van der Waals surface area contributed by atoms with Crippen LogP contribution in [0.4, 0.5) is 0 Å². The predicted octanol–water partition coefficient (Wildman–Crippen LogP) is 7.12. The van der Waals surface area contributed by atoms with Gasteiger partial charge in [0.15, 0.2) is 5.78 Å². The molecule has 0 saturated heterocycles. The normalized spacial score (nSPS) is 10.9. The Morgan fingerprint density at radius 2 is 1.52 bits per heavy atom. The lowest BCUT2D eigenvalue weighted by atomic mass is 9.83. The number of ether oxygens (including phenoxy) is 1. The number of carbonyl (C=O) groups excluding carboxylic acids is 2. The van der Waals surface area contributed by atoms with Crippen LogP contribution in [0.5, 0.6) is 0 Å². The zero-order valence-electron chi connectivity index (χ0n) is 19.7. The first-order valence-corrected chi connectivity index (χ1v) is 11.1. The van der Waals surface area contributed by atoms with E-state index in [-0.39, 0.29) is 17.0 Å². The first-order chi connectivity index (χ1) is 15.7. The van der Waals surface area contributed by atoms with Crippen LogP contribution in [0.2, 0.25) is 0 Å². The highest BCUT2D eigenvalue weighted by Gasteiger charge is 2.20. The molecule has 0 atom stereocenters. The molecule has 33 heavy (non-hydrogen) atoms. The fourth-order valence-corrected chi connectivity index (χ4v) is 3.74. The van der Waals surface area contributed by atoms with Gasteiger partial charge in [-0.1, -0.05) is 68.4 Å². The van der Waals surface area contributed by atoms with Gasteiger partial charge in [-0.2, -0.15) is 0 Å². The first-order valence-electron chi connectivity index (χ1n) is 11.1. The largest absolute Gasteiger partial charge is 0.460 e. The van der Waals surface area contributed by atoms with E-state index in [0.29, 0.717) is 18.6 Å². The minimum Gasteiger partial charge on any atom is -0.460 e. The molecule has 0 fully saturated rings. The van der Waals surface area contributed by atoms with Crippen LogP contribution in [-0.4, -0.2) is 18.4 Å². The van der Waals surface area contributed by atoms with E-state index < -0.39 is 5.97 Å². The highest BCUT2D eigenvalue weighted by molar-refractivity contribution is 5.94. The number of allylic oxidation sites excluding steroid dienone is 1. The standard InChI is InChI=1S/C29H30O4/c1-21(20-29(3,4)16-18-33-28(31)27-11-8-17-32-27)19-26(24-9-6-5-7-10-24)25-14-12-23(13-15-25)22(2)30/h5-15,17H,16,18,20H2,1-4H3. The van der Waals surface area contributed by atoms with E-state index in [1.165, 1.54) is 6.26 Å². The molecule has 0 aliphatic carbocycles. The number of rotatable bonds is 9. The maximum absolute atomic E-state index is 12.0. The highest BCUT2D eigenvalue weighted by atomic mass is 16.5. The topological polar surface area (TPSA) is 56.5 Å². The van der Waals surface area contributed by atoms with Gasteiger partial charge >= 0.3 is 5.97 Å². The molecule has 170 valence electrons. The van der Waals surface area contributed by atoms with E-state index in [4.69, 9.17) is 9.15 Å². The van der Waals surface area contributed by atoms with Crippen molar-refractivity contribution >= 4 is 17.3 Å². The molecule has 0 aliphatic rings. The van der Waals surface area contributed by atoms with Gasteiger partial charge in [0.2, 0.25) is 5.76 Å². The molecule has 0 radical (unpaired) electrons. The molecule has 0 aliphatic heterocycles. The molecule has 0 unspecified atom stereocenters. The van der Waals surface area contributed by atoms with Gasteiger partial charge < -0.3 is 9.15 Å². The predicted molar refractivity (Wildman–Crippen MR) is 130 cm³/mol. The van der Waals surface area contributed by atoms with E-state index in [2.05, 4.69) is 38.6 Å².